The highest BCUT2D eigenvalue weighted by molar-refractivity contribution is 7.92. The maximum absolute atomic E-state index is 12.2. The number of nitrogens with one attached hydrogen (secondary N) is 2. The molecule has 0 fully saturated rings. The van der Waals surface area contributed by atoms with Gasteiger partial charge in [-0.25, -0.2) is 13.4 Å². The zero-order chi connectivity index (χ0) is 16.7. The quantitative estimate of drug-likeness (QED) is 0.711. The number of nitrogens with zero attached hydrogens (tertiary/aromatic N) is 1. The number of hydrogen-bond acceptors (Lipinski definition) is 5. The normalized spacial score (nSPS) is 11.2. The molecule has 0 amide bonds. The summed E-state index contributed by atoms with van der Waals surface area (Å²) in [5.74, 6) is 0.243. The summed E-state index contributed by atoms with van der Waals surface area (Å²) in [6.45, 7) is 1.43. The number of methoxy groups -OCH3 is 1. The molecule has 124 valence electrons. The Kier molecular flexibility index (Phi) is 6.20. The molecule has 0 spiro atoms. The molecule has 2 rings (SSSR count). The molecule has 0 aliphatic rings. The highest BCUT2D eigenvalue weighted by atomic mass is 35.5. The zero-order valence-corrected chi connectivity index (χ0v) is 14.2. The van der Waals surface area contributed by atoms with Crippen molar-refractivity contribution in [1.29, 1.82) is 0 Å². The number of sulfonamides is 1. The van der Waals surface area contributed by atoms with Gasteiger partial charge in [-0.1, -0.05) is 17.7 Å². The molecule has 0 bridgehead atoms. The van der Waals surface area contributed by atoms with Gasteiger partial charge in [-0.2, -0.15) is 0 Å². The summed E-state index contributed by atoms with van der Waals surface area (Å²) in [4.78, 5) is 4.18. The first-order valence-electron chi connectivity index (χ1n) is 6.98. The fraction of sp³-hybridized carbons (Fsp3) is 0.267. The molecule has 6 nitrogen and oxygen atoms in total. The van der Waals surface area contributed by atoms with Crippen molar-refractivity contribution < 1.29 is 13.2 Å². The second kappa shape index (κ2) is 8.14. The van der Waals surface area contributed by atoms with Gasteiger partial charge in [0.15, 0.2) is 0 Å². The fourth-order valence-electron chi connectivity index (χ4n) is 1.84. The molecule has 23 heavy (non-hydrogen) atoms. The summed E-state index contributed by atoms with van der Waals surface area (Å²) in [5.41, 5.74) is 0.812. The van der Waals surface area contributed by atoms with Gasteiger partial charge in [-0.15, -0.1) is 0 Å². The topological polar surface area (TPSA) is 80.3 Å². The molecule has 0 aliphatic heterocycles. The predicted octanol–water partition coefficient (Wildman–Crippen LogP) is 2.98. The van der Waals surface area contributed by atoms with Gasteiger partial charge in [-0.05, 0) is 36.8 Å². The molecule has 0 unspecified atom stereocenters. The molecule has 0 saturated heterocycles. The van der Waals surface area contributed by atoms with E-state index in [9.17, 15) is 8.42 Å². The Labute approximate surface area is 140 Å². The predicted molar refractivity (Wildman–Crippen MR) is 91.5 cm³/mol. The van der Waals surface area contributed by atoms with Crippen LogP contribution >= 0.6 is 11.6 Å². The Balaban J connectivity index is 2.00. The second-order valence-electron chi connectivity index (χ2n) is 4.77. The lowest BCUT2D eigenvalue weighted by Gasteiger charge is -2.09. The van der Waals surface area contributed by atoms with Gasteiger partial charge in [-0.3, -0.25) is 4.72 Å². The van der Waals surface area contributed by atoms with Crippen molar-refractivity contribution in [2.75, 3.05) is 30.3 Å². The third-order valence-electron chi connectivity index (χ3n) is 2.96. The number of benzene rings is 1. The minimum Gasteiger partial charge on any atom is -0.385 e. The van der Waals surface area contributed by atoms with Crippen molar-refractivity contribution in [2.45, 2.75) is 11.3 Å². The first-order valence-corrected chi connectivity index (χ1v) is 8.84. The van der Waals surface area contributed by atoms with Crippen LogP contribution in [0.2, 0.25) is 5.02 Å². The average Bonchev–Trinajstić information content (AvgIpc) is 2.53. The Morgan fingerprint density at radius 2 is 2.09 bits per heavy atom. The van der Waals surface area contributed by atoms with Crippen LogP contribution in [0, 0.1) is 0 Å². The fourth-order valence-corrected chi connectivity index (χ4v) is 3.15. The molecule has 1 aromatic heterocycles. The largest absolute Gasteiger partial charge is 0.385 e. The second-order valence-corrected chi connectivity index (χ2v) is 6.89. The number of rotatable bonds is 8. The minimum absolute atomic E-state index is 0.0913. The van der Waals surface area contributed by atoms with Crippen molar-refractivity contribution in [3.05, 3.63) is 47.6 Å². The summed E-state index contributed by atoms with van der Waals surface area (Å²) < 4.78 is 31.9. The van der Waals surface area contributed by atoms with Gasteiger partial charge in [0.2, 0.25) is 0 Å². The Morgan fingerprint density at radius 1 is 1.26 bits per heavy atom. The number of halogens is 1. The smallest absolute Gasteiger partial charge is 0.263 e. The Bertz CT molecular complexity index is 736. The van der Waals surface area contributed by atoms with Gasteiger partial charge >= 0.3 is 0 Å². The van der Waals surface area contributed by atoms with Crippen molar-refractivity contribution in [2.24, 2.45) is 0 Å². The highest BCUT2D eigenvalue weighted by Crippen LogP contribution is 2.19. The highest BCUT2D eigenvalue weighted by Gasteiger charge is 2.14. The van der Waals surface area contributed by atoms with Crippen LogP contribution < -0.4 is 10.0 Å². The van der Waals surface area contributed by atoms with E-state index < -0.39 is 10.0 Å². The van der Waals surface area contributed by atoms with Gasteiger partial charge in [0.1, 0.15) is 5.82 Å². The van der Waals surface area contributed by atoms with Crippen LogP contribution in [0.4, 0.5) is 11.5 Å². The summed E-state index contributed by atoms with van der Waals surface area (Å²) in [5, 5.41) is 3.53. The van der Waals surface area contributed by atoms with Gasteiger partial charge in [0.05, 0.1) is 16.8 Å². The third-order valence-corrected chi connectivity index (χ3v) is 4.55. The van der Waals surface area contributed by atoms with Crippen LogP contribution in [-0.2, 0) is 14.8 Å². The molecule has 1 aromatic carbocycles. The lowest BCUT2D eigenvalue weighted by Crippen LogP contribution is -2.14. The summed E-state index contributed by atoms with van der Waals surface area (Å²) >= 11 is 5.82. The van der Waals surface area contributed by atoms with Crippen molar-refractivity contribution >= 4 is 33.1 Å². The monoisotopic (exact) mass is 355 g/mol. The van der Waals surface area contributed by atoms with E-state index in [0.29, 0.717) is 11.6 Å². The maximum atomic E-state index is 12.2. The van der Waals surface area contributed by atoms with Crippen LogP contribution in [0.5, 0.6) is 0 Å². The van der Waals surface area contributed by atoms with Gasteiger partial charge in [0, 0.05) is 25.3 Å². The molecule has 2 aromatic rings. The molecular formula is C15H18ClN3O3S. The number of pyridine rings is 1. The van der Waals surface area contributed by atoms with Crippen molar-refractivity contribution in [1.82, 2.24) is 4.98 Å². The third kappa shape index (κ3) is 5.38. The molecule has 1 heterocycles. The summed E-state index contributed by atoms with van der Waals surface area (Å²) in [6.07, 6.45) is 2.45. The molecule has 0 atom stereocenters. The summed E-state index contributed by atoms with van der Waals surface area (Å²) in [6, 6.07) is 9.41. The Hall–Kier alpha value is -1.83. The van der Waals surface area contributed by atoms with E-state index in [1.807, 2.05) is 0 Å². The Morgan fingerprint density at radius 3 is 2.74 bits per heavy atom. The molecule has 0 saturated carbocycles. The standard InChI is InChI=1S/C15H18ClN3O3S/c1-22-9-3-8-17-13-6-7-15(18-11-13)19-23(20,21)14-5-2-4-12(16)10-14/h2,4-7,10-11,17H,3,8-9H2,1H3,(H,18,19). The molecule has 0 radical (unpaired) electrons. The first kappa shape index (κ1) is 17.5. The van der Waals surface area contributed by atoms with Crippen molar-refractivity contribution in [3.63, 3.8) is 0 Å². The molecule has 2 N–H and O–H groups in total. The van der Waals surface area contributed by atoms with Gasteiger partial charge < -0.3 is 10.1 Å². The maximum Gasteiger partial charge on any atom is 0.263 e. The van der Waals surface area contributed by atoms with E-state index in [2.05, 4.69) is 15.0 Å². The van der Waals surface area contributed by atoms with Crippen molar-refractivity contribution in [3.8, 4) is 0 Å². The first-order chi connectivity index (χ1) is 11.0. The van der Waals surface area contributed by atoms with Crippen LogP contribution in [0.25, 0.3) is 0 Å². The van der Waals surface area contributed by atoms with Crippen LogP contribution in [-0.4, -0.2) is 33.7 Å². The summed E-state index contributed by atoms with van der Waals surface area (Å²) in [7, 11) is -2.05. The number of anilines is 2. The zero-order valence-electron chi connectivity index (χ0n) is 12.6. The van der Waals surface area contributed by atoms with E-state index in [-0.39, 0.29) is 10.7 Å². The number of aromatic nitrogens is 1. The lowest BCUT2D eigenvalue weighted by atomic mass is 10.4. The number of ether oxygens (including phenoxy) is 1. The number of hydrogen-bond donors (Lipinski definition) is 2. The lowest BCUT2D eigenvalue weighted by molar-refractivity contribution is 0.198. The van der Waals surface area contributed by atoms with Gasteiger partial charge in [0.25, 0.3) is 10.0 Å². The average molecular weight is 356 g/mol. The molecule has 8 heteroatoms. The van der Waals surface area contributed by atoms with Crippen LogP contribution in [0.15, 0.2) is 47.5 Å². The SMILES string of the molecule is COCCCNc1ccc(NS(=O)(=O)c2cccc(Cl)c2)nc1. The molecule has 0 aliphatic carbocycles. The van der Waals surface area contributed by atoms with E-state index in [4.69, 9.17) is 16.3 Å². The van der Waals surface area contributed by atoms with E-state index in [1.54, 1.807) is 37.6 Å². The van der Waals surface area contributed by atoms with Crippen LogP contribution in [0.1, 0.15) is 6.42 Å². The molecular weight excluding hydrogens is 338 g/mol. The minimum atomic E-state index is -3.71. The van der Waals surface area contributed by atoms with E-state index in [1.165, 1.54) is 12.1 Å². The van der Waals surface area contributed by atoms with E-state index in [0.717, 1.165) is 18.7 Å². The van der Waals surface area contributed by atoms with Crippen LogP contribution in [0.3, 0.4) is 0 Å². The van der Waals surface area contributed by atoms with E-state index >= 15 is 0 Å².